The molecule has 0 aromatic carbocycles. The largest absolute Gasteiger partial charge is 0.0776 e. The first-order chi connectivity index (χ1) is 5.74. The Labute approximate surface area is 88.1 Å². The second-order valence-corrected chi connectivity index (χ2v) is 3.00. The van der Waals surface area contributed by atoms with Gasteiger partial charge in [0.15, 0.2) is 0 Å². The minimum Gasteiger partial charge on any atom is -0.0776 e. The third-order valence-corrected chi connectivity index (χ3v) is 1.50. The molecule has 0 radical (unpaired) electrons. The summed E-state index contributed by atoms with van der Waals surface area (Å²) in [5.41, 5.74) is 0. The molecule has 0 heterocycles. The molecule has 0 rings (SSSR count). The van der Waals surface area contributed by atoms with Crippen LogP contribution in [0.4, 0.5) is 0 Å². The summed E-state index contributed by atoms with van der Waals surface area (Å²) in [6.07, 6.45) is 7.92. The van der Waals surface area contributed by atoms with Gasteiger partial charge in [-0.2, -0.15) is 0 Å². The van der Waals surface area contributed by atoms with Gasteiger partial charge in [-0.3, -0.25) is 0 Å². The van der Waals surface area contributed by atoms with Gasteiger partial charge in [0.25, 0.3) is 0 Å². The molecular weight excluding hydrogens is 156 g/mol. The fraction of sp³-hybridized carbons (Fsp3) is 1.00. The van der Waals surface area contributed by atoms with Gasteiger partial charge in [-0.15, -0.1) is 0 Å². The monoisotopic (exact) mass is 190 g/mol. The lowest BCUT2D eigenvalue weighted by atomic mass is 10.4. The van der Waals surface area contributed by atoms with Crippen LogP contribution < -0.4 is 0 Å². The van der Waals surface area contributed by atoms with Crippen LogP contribution in [0, 0.1) is 0 Å². The van der Waals surface area contributed by atoms with Gasteiger partial charge in [-0.1, -0.05) is 87.5 Å². The summed E-state index contributed by atoms with van der Waals surface area (Å²) in [7, 11) is 0. The zero-order chi connectivity index (χ0) is 10.2. The van der Waals surface area contributed by atoms with E-state index in [0.29, 0.717) is 0 Å². The van der Waals surface area contributed by atoms with Crippen molar-refractivity contribution in [3.8, 4) is 0 Å². The maximum atomic E-state index is 2.18. The molecule has 0 bridgehead atoms. The lowest BCUT2D eigenvalue weighted by Gasteiger charge is -1.68. The normalized spacial score (nSPS) is 6.92. The Morgan fingerprint density at radius 3 is 0.462 bits per heavy atom. The van der Waals surface area contributed by atoms with Crippen LogP contribution in [0.2, 0.25) is 0 Å². The molecule has 0 unspecified atom stereocenters. The highest BCUT2D eigenvalue weighted by atomic mass is 13.6. The van der Waals surface area contributed by atoms with Crippen molar-refractivity contribution >= 4 is 0 Å². The molecule has 0 N–H and O–H groups in total. The third-order valence-electron chi connectivity index (χ3n) is 1.50. The second-order valence-electron chi connectivity index (χ2n) is 3.00. The number of hydrogen-bond acceptors (Lipinski definition) is 0. The Morgan fingerprint density at radius 1 is 0.385 bits per heavy atom. The van der Waals surface area contributed by atoms with Crippen LogP contribution in [0.1, 0.15) is 87.5 Å². The van der Waals surface area contributed by atoms with Crippen molar-refractivity contribution in [3.63, 3.8) is 0 Å². The van der Waals surface area contributed by atoms with E-state index in [1.165, 1.54) is 38.5 Å². The fourth-order valence-electron chi connectivity index (χ4n) is 0. The number of unbranched alkanes of at least 4 members (excludes halogenated alkanes) is 3. The van der Waals surface area contributed by atoms with Gasteiger partial charge < -0.3 is 0 Å². The quantitative estimate of drug-likeness (QED) is 0.508. The highest BCUT2D eigenvalue weighted by Crippen LogP contribution is 1.77. The van der Waals surface area contributed by atoms with Crippen molar-refractivity contribution < 1.29 is 0 Å². The van der Waals surface area contributed by atoms with Crippen molar-refractivity contribution in [2.75, 3.05) is 0 Å². The molecule has 0 aromatic heterocycles. The molecule has 0 aliphatic rings. The number of rotatable bonds is 3. The minimum absolute atomic E-state index is 0. The van der Waals surface area contributed by atoms with E-state index in [1.807, 2.05) is 0 Å². The van der Waals surface area contributed by atoms with Crippen LogP contribution >= 0.6 is 0 Å². The summed E-state index contributed by atoms with van der Waals surface area (Å²) < 4.78 is 0. The van der Waals surface area contributed by atoms with Crippen LogP contribution in [-0.4, -0.2) is 0 Å². The van der Waals surface area contributed by atoms with Gasteiger partial charge in [0.05, 0.1) is 0 Å². The summed E-state index contributed by atoms with van der Waals surface area (Å²) >= 11 is 0. The first-order valence-corrected chi connectivity index (χ1v) is 5.74. The van der Waals surface area contributed by atoms with E-state index in [2.05, 4.69) is 41.5 Å². The van der Waals surface area contributed by atoms with Crippen molar-refractivity contribution in [2.24, 2.45) is 0 Å². The zero-order valence-corrected chi connectivity index (χ0v) is 10.2. The Hall–Kier alpha value is 0. The van der Waals surface area contributed by atoms with Crippen LogP contribution in [0.15, 0.2) is 0 Å². The molecule has 0 aromatic rings. The molecule has 0 heteroatoms. The molecule has 0 spiro atoms. The molecule has 0 nitrogen and oxygen atoms in total. The first-order valence-electron chi connectivity index (χ1n) is 5.74. The minimum atomic E-state index is 0. The molecule has 0 fully saturated rings. The lowest BCUT2D eigenvalue weighted by molar-refractivity contribution is 0.886. The molecule has 0 amide bonds. The Balaban J connectivity index is -0.0000000450. The van der Waals surface area contributed by atoms with E-state index in [4.69, 9.17) is 0 Å². The maximum absolute atomic E-state index is 2.18. The summed E-state index contributed by atoms with van der Waals surface area (Å²) in [5.74, 6) is 0. The van der Waals surface area contributed by atoms with Gasteiger partial charge >= 0.3 is 0 Å². The van der Waals surface area contributed by atoms with E-state index in [-0.39, 0.29) is 7.43 Å². The summed E-state index contributed by atoms with van der Waals surface area (Å²) in [4.78, 5) is 0. The van der Waals surface area contributed by atoms with Crippen LogP contribution in [0.3, 0.4) is 0 Å². The Morgan fingerprint density at radius 2 is 0.462 bits per heavy atom. The first kappa shape index (κ1) is 23.1. The summed E-state index contributed by atoms with van der Waals surface area (Å²) in [6.45, 7) is 13.1. The van der Waals surface area contributed by atoms with E-state index < -0.39 is 0 Å². The Bertz CT molecular complexity index is 15.5. The van der Waals surface area contributed by atoms with Crippen molar-refractivity contribution in [2.45, 2.75) is 87.5 Å². The second kappa shape index (κ2) is 40.3. The molecule has 0 saturated carbocycles. The van der Waals surface area contributed by atoms with Crippen LogP contribution in [0.5, 0.6) is 0 Å². The smallest absolute Gasteiger partial charge is 0.0564 e. The third kappa shape index (κ3) is 133. The molecule has 0 saturated heterocycles. The summed E-state index contributed by atoms with van der Waals surface area (Å²) in [6, 6.07) is 0. The summed E-state index contributed by atoms with van der Waals surface area (Å²) in [5, 5.41) is 0. The zero-order valence-electron chi connectivity index (χ0n) is 10.2. The average molecular weight is 190 g/mol. The van der Waals surface area contributed by atoms with E-state index in [1.54, 1.807) is 0 Å². The van der Waals surface area contributed by atoms with Gasteiger partial charge in [-0.25, -0.2) is 0 Å². The predicted molar refractivity (Wildman–Crippen MR) is 68.5 cm³/mol. The molecule has 13 heavy (non-hydrogen) atoms. The molecular formula is C13H34. The van der Waals surface area contributed by atoms with Crippen LogP contribution in [-0.2, 0) is 0 Å². The average Bonchev–Trinajstić information content (AvgIpc) is 2.18. The molecule has 0 aliphatic carbocycles. The molecule has 0 atom stereocenters. The van der Waals surface area contributed by atoms with Crippen molar-refractivity contribution in [3.05, 3.63) is 0 Å². The van der Waals surface area contributed by atoms with Gasteiger partial charge in [0, 0.05) is 0 Å². The standard InChI is InChI=1S/3C4H10.CH4/c3*1-3-4-2;/h3*3-4H2,1-2H3;1H4. The van der Waals surface area contributed by atoms with Crippen LogP contribution in [0.25, 0.3) is 0 Å². The SMILES string of the molecule is C.CCCC.CCCC.CCCC. The van der Waals surface area contributed by atoms with E-state index in [9.17, 15) is 0 Å². The van der Waals surface area contributed by atoms with Crippen molar-refractivity contribution in [1.82, 2.24) is 0 Å². The Kier molecular flexibility index (Phi) is 71.7. The molecule has 0 aliphatic heterocycles. The van der Waals surface area contributed by atoms with Crippen molar-refractivity contribution in [1.29, 1.82) is 0 Å². The highest BCUT2D eigenvalue weighted by Gasteiger charge is 1.57. The van der Waals surface area contributed by atoms with E-state index >= 15 is 0 Å². The van der Waals surface area contributed by atoms with Gasteiger partial charge in [-0.05, 0) is 0 Å². The lowest BCUT2D eigenvalue weighted by Crippen LogP contribution is -1.47. The predicted octanol–water partition coefficient (Wildman–Crippen LogP) is 6.06. The fourth-order valence-corrected chi connectivity index (χ4v) is 0. The number of hydrogen-bond donors (Lipinski definition) is 0. The topological polar surface area (TPSA) is 0 Å². The van der Waals surface area contributed by atoms with Gasteiger partial charge in [0.1, 0.15) is 0 Å². The van der Waals surface area contributed by atoms with Gasteiger partial charge in [0.2, 0.25) is 0 Å². The van der Waals surface area contributed by atoms with E-state index in [0.717, 1.165) is 0 Å². The maximum Gasteiger partial charge on any atom is -0.0564 e. The molecule has 86 valence electrons. The highest BCUT2D eigenvalue weighted by molar-refractivity contribution is 4.13.